The molecule has 1 aromatic heterocycles. The quantitative estimate of drug-likeness (QED) is 0.240. The summed E-state index contributed by atoms with van der Waals surface area (Å²) in [6, 6.07) is 3.80. The van der Waals surface area contributed by atoms with E-state index in [9.17, 15) is 9.59 Å². The van der Waals surface area contributed by atoms with E-state index < -0.39 is 19.3 Å². The van der Waals surface area contributed by atoms with E-state index in [4.69, 9.17) is 15.4 Å². The van der Waals surface area contributed by atoms with Gasteiger partial charge in [-0.3, -0.25) is 14.6 Å². The first-order chi connectivity index (χ1) is 13.1. The Balaban J connectivity index is 1.95. The molecule has 0 unspecified atom stereocenters. The molecule has 0 radical (unpaired) electrons. The van der Waals surface area contributed by atoms with Gasteiger partial charge in [-0.05, 0) is 50.3 Å². The molecule has 1 atom stereocenters. The standard InChI is InChI=1S/C18H29BN4O4/c20-10-3-6-15(27-19-26)23-17(25)18(8-1-2-9-18)16(24)22-12-7-14-5-4-11-21-13-14/h4-5,11,13,15,19,26H,1-3,6-10,12,20H2,(H,22,24)(H,23,25)/t15-/m1/s1. The van der Waals surface area contributed by atoms with Crippen LogP contribution in [0, 0.1) is 5.41 Å². The Morgan fingerprint density at radius 3 is 2.78 bits per heavy atom. The molecule has 0 spiro atoms. The zero-order valence-electron chi connectivity index (χ0n) is 15.7. The molecule has 0 saturated heterocycles. The van der Waals surface area contributed by atoms with Gasteiger partial charge in [0.25, 0.3) is 0 Å². The molecule has 2 amide bonds. The summed E-state index contributed by atoms with van der Waals surface area (Å²) in [4.78, 5) is 29.8. The van der Waals surface area contributed by atoms with Gasteiger partial charge < -0.3 is 26.0 Å². The number of nitrogens with two attached hydrogens (primary N) is 1. The number of aromatic nitrogens is 1. The molecule has 8 nitrogen and oxygen atoms in total. The fraction of sp³-hybridized carbons (Fsp3) is 0.611. The Morgan fingerprint density at radius 2 is 2.15 bits per heavy atom. The predicted molar refractivity (Wildman–Crippen MR) is 103 cm³/mol. The monoisotopic (exact) mass is 376 g/mol. The van der Waals surface area contributed by atoms with Gasteiger partial charge in [-0.15, -0.1) is 0 Å². The second-order valence-electron chi connectivity index (χ2n) is 6.85. The molecule has 1 saturated carbocycles. The molecule has 1 aliphatic carbocycles. The van der Waals surface area contributed by atoms with Crippen LogP contribution in [-0.4, -0.2) is 48.8 Å². The van der Waals surface area contributed by atoms with Crippen LogP contribution in [0.4, 0.5) is 0 Å². The first-order valence-corrected chi connectivity index (χ1v) is 9.53. The molecule has 27 heavy (non-hydrogen) atoms. The Bertz CT molecular complexity index is 596. The Hall–Kier alpha value is -1.97. The number of rotatable bonds is 11. The highest BCUT2D eigenvalue weighted by atomic mass is 16.5. The second-order valence-corrected chi connectivity index (χ2v) is 6.85. The molecular formula is C18H29BN4O4. The van der Waals surface area contributed by atoms with Crippen molar-refractivity contribution < 1.29 is 19.3 Å². The Labute approximate surface area is 160 Å². The maximum absolute atomic E-state index is 12.9. The largest absolute Gasteiger partial charge is 0.436 e. The molecule has 1 aromatic rings. The molecule has 0 bridgehead atoms. The number of carbonyl (C=O) groups excluding carboxylic acids is 2. The first-order valence-electron chi connectivity index (χ1n) is 9.53. The zero-order valence-corrected chi connectivity index (χ0v) is 15.7. The number of carbonyl (C=O) groups is 2. The van der Waals surface area contributed by atoms with Crippen LogP contribution in [0.3, 0.4) is 0 Å². The third-order valence-electron chi connectivity index (χ3n) is 4.99. The van der Waals surface area contributed by atoms with Crippen molar-refractivity contribution in [3.63, 3.8) is 0 Å². The maximum Gasteiger partial charge on any atom is 0.436 e. The average molecular weight is 376 g/mol. The molecular weight excluding hydrogens is 347 g/mol. The van der Waals surface area contributed by atoms with Gasteiger partial charge in [0.2, 0.25) is 11.8 Å². The molecule has 2 rings (SSSR count). The van der Waals surface area contributed by atoms with Gasteiger partial charge in [-0.2, -0.15) is 0 Å². The SMILES string of the molecule is NCCC[C@H](NC(=O)C1(C(=O)NCCc2cccnc2)CCCC1)OBO. The summed E-state index contributed by atoms with van der Waals surface area (Å²) >= 11 is 0. The Morgan fingerprint density at radius 1 is 1.37 bits per heavy atom. The van der Waals surface area contributed by atoms with Crippen LogP contribution in [0.5, 0.6) is 0 Å². The van der Waals surface area contributed by atoms with Crippen molar-refractivity contribution in [3.8, 4) is 0 Å². The fourth-order valence-corrected chi connectivity index (χ4v) is 3.45. The summed E-state index contributed by atoms with van der Waals surface area (Å²) in [6.07, 6.45) is 7.30. The lowest BCUT2D eigenvalue weighted by atomic mass is 9.83. The molecule has 1 heterocycles. The van der Waals surface area contributed by atoms with Crippen molar-refractivity contribution in [1.82, 2.24) is 15.6 Å². The molecule has 5 N–H and O–H groups in total. The topological polar surface area (TPSA) is 127 Å². The number of hydrogen-bond acceptors (Lipinski definition) is 6. The highest BCUT2D eigenvalue weighted by Crippen LogP contribution is 2.38. The number of hydrogen-bond donors (Lipinski definition) is 4. The number of amides is 2. The highest BCUT2D eigenvalue weighted by Gasteiger charge is 2.48. The summed E-state index contributed by atoms with van der Waals surface area (Å²) < 4.78 is 5.17. The molecule has 148 valence electrons. The third-order valence-corrected chi connectivity index (χ3v) is 4.99. The van der Waals surface area contributed by atoms with Crippen LogP contribution in [0.1, 0.15) is 44.1 Å². The van der Waals surface area contributed by atoms with Crippen LogP contribution in [0.25, 0.3) is 0 Å². The summed E-state index contributed by atoms with van der Waals surface area (Å²) in [5, 5.41) is 14.7. The second kappa shape index (κ2) is 11.0. The lowest BCUT2D eigenvalue weighted by Crippen LogP contribution is -2.53. The lowest BCUT2D eigenvalue weighted by molar-refractivity contribution is -0.145. The number of nitrogens with one attached hydrogen (secondary N) is 2. The minimum Gasteiger partial charge on any atom is -0.430 e. The molecule has 1 aliphatic rings. The van der Waals surface area contributed by atoms with E-state index in [2.05, 4.69) is 15.6 Å². The van der Waals surface area contributed by atoms with E-state index in [0.29, 0.717) is 45.2 Å². The van der Waals surface area contributed by atoms with Crippen LogP contribution in [0.2, 0.25) is 0 Å². The summed E-state index contributed by atoms with van der Waals surface area (Å²) in [5.74, 6) is -0.586. The van der Waals surface area contributed by atoms with Gasteiger partial charge in [0, 0.05) is 18.9 Å². The van der Waals surface area contributed by atoms with Gasteiger partial charge in [-0.25, -0.2) is 0 Å². The zero-order chi connectivity index (χ0) is 19.5. The van der Waals surface area contributed by atoms with Crippen molar-refractivity contribution in [2.45, 2.75) is 51.2 Å². The van der Waals surface area contributed by atoms with E-state index in [1.165, 1.54) is 0 Å². The minimum atomic E-state index is -1.07. The summed E-state index contributed by atoms with van der Waals surface area (Å²) in [7, 11) is -0.500. The molecule has 0 aromatic carbocycles. The first kappa shape index (κ1) is 21.3. The molecule has 0 aliphatic heterocycles. The van der Waals surface area contributed by atoms with Crippen LogP contribution in [0.15, 0.2) is 24.5 Å². The van der Waals surface area contributed by atoms with Crippen molar-refractivity contribution >= 4 is 19.5 Å². The smallest absolute Gasteiger partial charge is 0.430 e. The number of nitrogens with zero attached hydrogens (tertiary/aromatic N) is 1. The normalized spacial score (nSPS) is 16.5. The number of pyridine rings is 1. The fourth-order valence-electron chi connectivity index (χ4n) is 3.45. The highest BCUT2D eigenvalue weighted by molar-refractivity contribution is 6.16. The van der Waals surface area contributed by atoms with E-state index in [0.717, 1.165) is 18.4 Å². The van der Waals surface area contributed by atoms with E-state index in [1.54, 1.807) is 12.4 Å². The predicted octanol–water partition coefficient (Wildman–Crippen LogP) is -0.243. The van der Waals surface area contributed by atoms with Gasteiger partial charge in [0.05, 0.1) is 0 Å². The van der Waals surface area contributed by atoms with Crippen molar-refractivity contribution in [2.24, 2.45) is 11.1 Å². The average Bonchev–Trinajstić information content (AvgIpc) is 3.18. The van der Waals surface area contributed by atoms with Crippen LogP contribution >= 0.6 is 0 Å². The minimum absolute atomic E-state index is 0.247. The van der Waals surface area contributed by atoms with Crippen molar-refractivity contribution in [3.05, 3.63) is 30.1 Å². The van der Waals surface area contributed by atoms with Gasteiger partial charge in [0.15, 0.2) is 0 Å². The lowest BCUT2D eigenvalue weighted by Gasteiger charge is -2.29. The van der Waals surface area contributed by atoms with E-state index >= 15 is 0 Å². The van der Waals surface area contributed by atoms with Gasteiger partial charge >= 0.3 is 7.69 Å². The van der Waals surface area contributed by atoms with Gasteiger partial charge in [0.1, 0.15) is 11.6 Å². The van der Waals surface area contributed by atoms with Gasteiger partial charge in [-0.1, -0.05) is 18.9 Å². The van der Waals surface area contributed by atoms with Crippen molar-refractivity contribution in [1.29, 1.82) is 0 Å². The van der Waals surface area contributed by atoms with E-state index in [-0.39, 0.29) is 11.8 Å². The van der Waals surface area contributed by atoms with Crippen LogP contribution in [-0.2, 0) is 20.7 Å². The van der Waals surface area contributed by atoms with Crippen molar-refractivity contribution in [2.75, 3.05) is 13.1 Å². The molecule has 9 heteroatoms. The maximum atomic E-state index is 12.9. The Kier molecular flexibility index (Phi) is 8.70. The van der Waals surface area contributed by atoms with Crippen LogP contribution < -0.4 is 16.4 Å². The van der Waals surface area contributed by atoms with E-state index in [1.807, 2.05) is 12.1 Å². The third kappa shape index (κ3) is 6.02. The molecule has 1 fully saturated rings. The summed E-state index contributed by atoms with van der Waals surface area (Å²) in [5.41, 5.74) is 5.46. The summed E-state index contributed by atoms with van der Waals surface area (Å²) in [6.45, 7) is 0.907.